The maximum atomic E-state index is 15.6. The maximum Gasteiger partial charge on any atom is 0.305 e. The first-order valence-electron chi connectivity index (χ1n) is 14.8. The number of carbonyl (C=O) groups excluding carboxylic acids is 1. The third-order valence-corrected chi connectivity index (χ3v) is 8.23. The quantitative estimate of drug-likeness (QED) is 0.265. The van der Waals surface area contributed by atoms with Crippen LogP contribution in [0.4, 0.5) is 8.78 Å². The van der Waals surface area contributed by atoms with Gasteiger partial charge in [0, 0.05) is 37.2 Å². The van der Waals surface area contributed by atoms with Gasteiger partial charge < -0.3 is 10.4 Å². The summed E-state index contributed by atoms with van der Waals surface area (Å²) in [5, 5.41) is 16.8. The standard InChI is InChI=1S/C33H39ClF2N4O4/c1-18(2)11-28(40-33(44)21(5)12-24(38-40)9-10-39-16-23(35)17-39)32(43)37-27(15-29(41)42)25-13-22(14-26(34)31(25)36)30-19(3)7-6-8-20(30)4/h6-8,12-14,18,23,27-28H,9-11,15-17H2,1-5H3,(H,37,43)(H,41,42)/t27-,28-/m0/s1. The lowest BCUT2D eigenvalue weighted by molar-refractivity contribution is -0.138. The molecular formula is C33H39ClF2N4O4. The topological polar surface area (TPSA) is 105 Å². The predicted molar refractivity (Wildman–Crippen MR) is 166 cm³/mol. The van der Waals surface area contributed by atoms with Gasteiger partial charge in [-0.05, 0) is 73.6 Å². The number of carboxylic acids is 1. The van der Waals surface area contributed by atoms with Crippen LogP contribution in [0.3, 0.4) is 0 Å². The first-order chi connectivity index (χ1) is 20.7. The molecule has 11 heteroatoms. The first-order valence-corrected chi connectivity index (χ1v) is 15.2. The zero-order valence-corrected chi connectivity index (χ0v) is 26.4. The number of hydrogen-bond donors (Lipinski definition) is 2. The Morgan fingerprint density at radius 1 is 1.11 bits per heavy atom. The predicted octanol–water partition coefficient (Wildman–Crippen LogP) is 5.74. The molecule has 0 radical (unpaired) electrons. The highest BCUT2D eigenvalue weighted by Gasteiger charge is 2.31. The van der Waals surface area contributed by atoms with E-state index in [2.05, 4.69) is 10.4 Å². The van der Waals surface area contributed by atoms with E-state index in [1.165, 1.54) is 12.1 Å². The number of aliphatic carboxylic acids is 1. The Labute approximate surface area is 261 Å². The molecular weight excluding hydrogens is 590 g/mol. The molecule has 0 aliphatic carbocycles. The molecule has 4 rings (SSSR count). The molecule has 44 heavy (non-hydrogen) atoms. The monoisotopic (exact) mass is 628 g/mol. The molecule has 3 aromatic rings. The largest absolute Gasteiger partial charge is 0.481 e. The molecule has 0 spiro atoms. The van der Waals surface area contributed by atoms with Crippen LogP contribution < -0.4 is 10.9 Å². The van der Waals surface area contributed by atoms with Crippen molar-refractivity contribution in [2.24, 2.45) is 5.92 Å². The number of carboxylic acid groups (broad SMARTS) is 1. The van der Waals surface area contributed by atoms with Crippen LogP contribution in [0.5, 0.6) is 0 Å². The van der Waals surface area contributed by atoms with Crippen LogP contribution in [0.15, 0.2) is 41.2 Å². The molecule has 236 valence electrons. The van der Waals surface area contributed by atoms with Gasteiger partial charge in [-0.25, -0.2) is 13.5 Å². The van der Waals surface area contributed by atoms with E-state index >= 15 is 4.39 Å². The van der Waals surface area contributed by atoms with E-state index < -0.39 is 47.9 Å². The molecule has 0 bridgehead atoms. The summed E-state index contributed by atoms with van der Waals surface area (Å²) in [6.07, 6.45) is -0.767. The van der Waals surface area contributed by atoms with Crippen LogP contribution in [0, 0.1) is 32.5 Å². The van der Waals surface area contributed by atoms with Crippen LogP contribution in [-0.2, 0) is 16.0 Å². The van der Waals surface area contributed by atoms with Crippen LogP contribution >= 0.6 is 11.6 Å². The molecule has 2 aromatic carbocycles. The molecule has 0 saturated carbocycles. The van der Waals surface area contributed by atoms with E-state index in [-0.39, 0.29) is 22.9 Å². The summed E-state index contributed by atoms with van der Waals surface area (Å²) in [4.78, 5) is 41.1. The fraction of sp³-hybridized carbons (Fsp3) is 0.455. The van der Waals surface area contributed by atoms with Crippen LogP contribution in [0.25, 0.3) is 11.1 Å². The molecule has 8 nitrogen and oxygen atoms in total. The highest BCUT2D eigenvalue weighted by molar-refractivity contribution is 6.31. The lowest BCUT2D eigenvalue weighted by Crippen LogP contribution is -2.49. The normalized spacial score (nSPS) is 15.2. The minimum atomic E-state index is -1.28. The van der Waals surface area contributed by atoms with Crippen LogP contribution in [0.1, 0.15) is 66.7 Å². The van der Waals surface area contributed by atoms with Gasteiger partial charge in [-0.1, -0.05) is 43.6 Å². The summed E-state index contributed by atoms with van der Waals surface area (Å²) in [7, 11) is 0. The number of halogens is 3. The molecule has 1 amide bonds. The van der Waals surface area contributed by atoms with Gasteiger partial charge >= 0.3 is 5.97 Å². The number of rotatable bonds is 12. The van der Waals surface area contributed by atoms with E-state index in [0.717, 1.165) is 21.4 Å². The number of hydrogen-bond acceptors (Lipinski definition) is 5. The number of aryl methyl sites for hydroxylation is 3. The summed E-state index contributed by atoms with van der Waals surface area (Å²) in [5.41, 5.74) is 3.72. The first kappa shape index (κ1) is 33.3. The van der Waals surface area contributed by atoms with Gasteiger partial charge in [0.2, 0.25) is 5.91 Å². The fourth-order valence-corrected chi connectivity index (χ4v) is 5.95. The summed E-state index contributed by atoms with van der Waals surface area (Å²) >= 11 is 6.33. The van der Waals surface area contributed by atoms with Crippen molar-refractivity contribution in [3.05, 3.63) is 85.5 Å². The molecule has 1 aliphatic heterocycles. The lowest BCUT2D eigenvalue weighted by atomic mass is 9.92. The minimum absolute atomic E-state index is 0.0394. The van der Waals surface area contributed by atoms with E-state index in [1.807, 2.05) is 50.8 Å². The summed E-state index contributed by atoms with van der Waals surface area (Å²) in [6, 6.07) is 8.04. The van der Waals surface area contributed by atoms with Gasteiger partial charge in [-0.2, -0.15) is 5.10 Å². The number of nitrogens with one attached hydrogen (secondary N) is 1. The highest BCUT2D eigenvalue weighted by atomic mass is 35.5. The second-order valence-corrected chi connectivity index (χ2v) is 12.5. The third-order valence-electron chi connectivity index (χ3n) is 7.95. The zero-order chi connectivity index (χ0) is 32.3. The summed E-state index contributed by atoms with van der Waals surface area (Å²) < 4.78 is 30.0. The van der Waals surface area contributed by atoms with Crippen molar-refractivity contribution in [3.8, 4) is 11.1 Å². The SMILES string of the molecule is Cc1cccc(C)c1-c1cc(Cl)c(F)c([C@H](CC(=O)O)NC(=O)[C@H](CC(C)C)n2nc(CCN3CC(F)C3)cc(C)c2=O)c1. The van der Waals surface area contributed by atoms with Gasteiger partial charge in [0.05, 0.1) is 23.2 Å². The second-order valence-electron chi connectivity index (χ2n) is 12.1. The van der Waals surface area contributed by atoms with Crippen LogP contribution in [-0.4, -0.2) is 57.5 Å². The average Bonchev–Trinajstić information content (AvgIpc) is 2.92. The van der Waals surface area contributed by atoms with Crippen molar-refractivity contribution in [1.29, 1.82) is 0 Å². The Bertz CT molecular complexity index is 1580. The Morgan fingerprint density at radius 3 is 2.36 bits per heavy atom. The molecule has 1 aliphatic rings. The molecule has 1 saturated heterocycles. The van der Waals surface area contributed by atoms with Crippen molar-refractivity contribution >= 4 is 23.5 Å². The Balaban J connectivity index is 1.71. The maximum absolute atomic E-state index is 15.6. The van der Waals surface area contributed by atoms with Crippen molar-refractivity contribution in [2.75, 3.05) is 19.6 Å². The number of nitrogens with zero attached hydrogens (tertiary/aromatic N) is 3. The van der Waals surface area contributed by atoms with Gasteiger partial charge in [-0.15, -0.1) is 0 Å². The van der Waals surface area contributed by atoms with Crippen molar-refractivity contribution < 1.29 is 23.5 Å². The number of aromatic nitrogens is 2. The smallest absolute Gasteiger partial charge is 0.305 e. The number of carbonyl (C=O) groups is 2. The molecule has 0 unspecified atom stereocenters. The number of likely N-dealkylation sites (tertiary alicyclic amines) is 1. The van der Waals surface area contributed by atoms with Crippen molar-refractivity contribution in [3.63, 3.8) is 0 Å². The minimum Gasteiger partial charge on any atom is -0.481 e. The van der Waals surface area contributed by atoms with Gasteiger partial charge in [0.15, 0.2) is 0 Å². The Hall–Kier alpha value is -3.63. The third kappa shape index (κ3) is 7.71. The van der Waals surface area contributed by atoms with E-state index in [4.69, 9.17) is 11.6 Å². The Morgan fingerprint density at radius 2 is 1.77 bits per heavy atom. The molecule has 2 N–H and O–H groups in total. The fourth-order valence-electron chi connectivity index (χ4n) is 5.72. The average molecular weight is 629 g/mol. The van der Waals surface area contributed by atoms with Gasteiger partial charge in [0.25, 0.3) is 5.56 Å². The number of benzene rings is 2. The number of alkyl halides is 1. The summed E-state index contributed by atoms with van der Waals surface area (Å²) in [5.74, 6) is -2.78. The highest BCUT2D eigenvalue weighted by Crippen LogP contribution is 2.35. The molecule has 2 heterocycles. The molecule has 2 atom stereocenters. The molecule has 1 fully saturated rings. The summed E-state index contributed by atoms with van der Waals surface area (Å²) in [6.45, 7) is 10.5. The molecule has 1 aromatic heterocycles. The number of amides is 1. The van der Waals surface area contributed by atoms with Crippen molar-refractivity contribution in [2.45, 2.75) is 72.1 Å². The van der Waals surface area contributed by atoms with E-state index in [0.29, 0.717) is 42.9 Å². The van der Waals surface area contributed by atoms with Crippen LogP contribution in [0.2, 0.25) is 5.02 Å². The van der Waals surface area contributed by atoms with Gasteiger partial charge in [0.1, 0.15) is 18.0 Å². The second kappa shape index (κ2) is 14.0. The van der Waals surface area contributed by atoms with Gasteiger partial charge in [-0.3, -0.25) is 19.3 Å². The lowest BCUT2D eigenvalue weighted by Gasteiger charge is -2.34. The van der Waals surface area contributed by atoms with E-state index in [9.17, 15) is 23.9 Å². The van der Waals surface area contributed by atoms with Crippen molar-refractivity contribution in [1.82, 2.24) is 20.0 Å². The van der Waals surface area contributed by atoms with E-state index in [1.54, 1.807) is 13.0 Å². The zero-order valence-electron chi connectivity index (χ0n) is 25.7. The Kier molecular flexibility index (Phi) is 10.6.